The smallest absolute Gasteiger partial charge is 0.407 e. The highest BCUT2D eigenvalue weighted by Gasteiger charge is 2.52. The fraction of sp³-hybridized carbons (Fsp3) is 0.760. The maximum Gasteiger partial charge on any atom is 0.407 e. The van der Waals surface area contributed by atoms with Crippen molar-refractivity contribution < 1.29 is 72.8 Å². The standard InChI is InChI=1S/C25H42N5O16P/c1-25(46-47(3,40)43-11-14-19(36)20(37)22(44-14)30-5-4-15(26)28-23(30)38)8-12(32)17(21(45-25)18(35)13(33)10-31)29-16(34)9-27-24(39)42-7-6-41-2/h4-5,12-14,17-22,31-33,35-37H,6-11H2,1-3H3,(H,27,39)(H,29,34)(H2,26,28,38)/t12-,13-,14?,17-,18-,19-,20-,21?,22-,25+,47?/m1/s1. The van der Waals surface area contributed by atoms with Crippen molar-refractivity contribution in [2.75, 3.05) is 52.5 Å². The molecule has 10 N–H and O–H groups in total. The van der Waals surface area contributed by atoms with Crippen LogP contribution in [0.1, 0.15) is 19.6 Å². The molecule has 3 heterocycles. The van der Waals surface area contributed by atoms with Crippen molar-refractivity contribution in [2.45, 2.75) is 74.1 Å². The molecule has 2 saturated heterocycles. The molecular weight excluding hydrogens is 657 g/mol. The molecule has 47 heavy (non-hydrogen) atoms. The lowest BCUT2D eigenvalue weighted by Gasteiger charge is -2.47. The number of methoxy groups -OCH3 is 1. The van der Waals surface area contributed by atoms with Gasteiger partial charge in [-0.2, -0.15) is 4.98 Å². The highest BCUT2D eigenvalue weighted by Crippen LogP contribution is 2.51. The number of nitrogens with one attached hydrogen (secondary N) is 2. The molecule has 2 fully saturated rings. The first-order valence-corrected chi connectivity index (χ1v) is 16.3. The first-order chi connectivity index (χ1) is 22.0. The van der Waals surface area contributed by atoms with Crippen molar-refractivity contribution in [3.63, 3.8) is 0 Å². The van der Waals surface area contributed by atoms with Gasteiger partial charge in [-0.3, -0.25) is 18.5 Å². The van der Waals surface area contributed by atoms with E-state index in [1.165, 1.54) is 26.3 Å². The number of nitrogen functional groups attached to an aromatic ring is 1. The molecule has 0 saturated carbocycles. The Labute approximate surface area is 268 Å². The van der Waals surface area contributed by atoms with Gasteiger partial charge in [-0.1, -0.05) is 0 Å². The zero-order valence-corrected chi connectivity index (χ0v) is 26.7. The van der Waals surface area contributed by atoms with E-state index in [2.05, 4.69) is 15.6 Å². The maximum absolute atomic E-state index is 13.4. The predicted octanol–water partition coefficient (Wildman–Crippen LogP) is -4.26. The van der Waals surface area contributed by atoms with Crippen LogP contribution < -0.4 is 22.1 Å². The van der Waals surface area contributed by atoms with Gasteiger partial charge in [-0.05, 0) is 13.0 Å². The van der Waals surface area contributed by atoms with Gasteiger partial charge in [0.15, 0.2) is 12.0 Å². The number of aliphatic hydroxyl groups is 6. The molecule has 21 nitrogen and oxygen atoms in total. The van der Waals surface area contributed by atoms with Crippen LogP contribution in [0.5, 0.6) is 0 Å². The number of nitrogens with zero attached hydrogens (tertiary/aromatic N) is 2. The first kappa shape index (κ1) is 38.7. The third kappa shape index (κ3) is 10.3. The number of carbonyl (C=O) groups excluding carboxylic acids is 2. The number of nitrogens with two attached hydrogens (primary N) is 1. The molecule has 11 atom stereocenters. The average Bonchev–Trinajstić information content (AvgIpc) is 3.27. The fourth-order valence-electron chi connectivity index (χ4n) is 4.94. The third-order valence-corrected chi connectivity index (χ3v) is 8.52. The average molecular weight is 700 g/mol. The van der Waals surface area contributed by atoms with Crippen LogP contribution in [-0.4, -0.2) is 153 Å². The van der Waals surface area contributed by atoms with Crippen LogP contribution >= 0.6 is 7.60 Å². The van der Waals surface area contributed by atoms with Crippen LogP contribution in [0.2, 0.25) is 0 Å². The number of anilines is 1. The number of carbonyl (C=O) groups is 2. The molecule has 0 radical (unpaired) electrons. The molecule has 2 aliphatic heterocycles. The summed E-state index contributed by atoms with van der Waals surface area (Å²) in [6, 6.07) is -0.148. The minimum absolute atomic E-state index is 0.0740. The zero-order chi connectivity index (χ0) is 35.1. The molecule has 3 unspecified atom stereocenters. The molecule has 2 aliphatic rings. The summed E-state index contributed by atoms with van der Waals surface area (Å²) in [6.07, 6.45) is -13.0. The molecule has 1 aromatic heterocycles. The van der Waals surface area contributed by atoms with Crippen LogP contribution in [0.4, 0.5) is 10.6 Å². The molecule has 3 rings (SSSR count). The molecule has 268 valence electrons. The van der Waals surface area contributed by atoms with Gasteiger partial charge < -0.3 is 70.5 Å². The molecular formula is C25H42N5O16P. The molecule has 0 bridgehead atoms. The summed E-state index contributed by atoms with van der Waals surface area (Å²) in [4.78, 5) is 40.0. The maximum atomic E-state index is 13.4. The molecule has 2 amide bonds. The van der Waals surface area contributed by atoms with Gasteiger partial charge in [-0.25, -0.2) is 9.59 Å². The zero-order valence-electron chi connectivity index (χ0n) is 25.8. The number of alkyl carbamates (subject to hydrolysis) is 1. The molecule has 0 aromatic carbocycles. The molecule has 1 aromatic rings. The van der Waals surface area contributed by atoms with E-state index in [9.17, 15) is 49.6 Å². The SMILES string of the molecule is COCCOC(=O)NCC(=O)N[C@H]1C([C@H](O)[C@H](O)CO)O[C@@](C)(OP(C)(=O)OCC2O[C@@H](n3ccc(N)nc3=O)[C@H](O)[C@@H]2O)C[C@H]1O. The molecule has 0 aliphatic carbocycles. The Bertz CT molecular complexity index is 1320. The van der Waals surface area contributed by atoms with Gasteiger partial charge >= 0.3 is 19.4 Å². The summed E-state index contributed by atoms with van der Waals surface area (Å²) in [5, 5.41) is 66.7. The second kappa shape index (κ2) is 16.5. The first-order valence-electron chi connectivity index (χ1n) is 14.3. The second-order valence-corrected chi connectivity index (χ2v) is 13.0. The van der Waals surface area contributed by atoms with Crippen molar-refractivity contribution >= 4 is 25.4 Å². The molecule has 22 heteroatoms. The van der Waals surface area contributed by atoms with Gasteiger partial charge in [0.1, 0.15) is 55.6 Å². The van der Waals surface area contributed by atoms with Gasteiger partial charge in [0.05, 0.1) is 32.0 Å². The predicted molar refractivity (Wildman–Crippen MR) is 156 cm³/mol. The summed E-state index contributed by atoms with van der Waals surface area (Å²) in [5.41, 5.74) is 4.62. The van der Waals surface area contributed by atoms with Gasteiger partial charge in [-0.15, -0.1) is 0 Å². The van der Waals surface area contributed by atoms with Crippen LogP contribution in [0, 0.1) is 0 Å². The number of aliphatic hydroxyl groups excluding tert-OH is 6. The molecule has 0 spiro atoms. The normalized spacial score (nSPS) is 31.8. The number of aromatic nitrogens is 2. The van der Waals surface area contributed by atoms with Gasteiger partial charge in [0.2, 0.25) is 5.91 Å². The van der Waals surface area contributed by atoms with Crippen LogP contribution in [0.15, 0.2) is 17.1 Å². The van der Waals surface area contributed by atoms with Crippen LogP contribution in [0.3, 0.4) is 0 Å². The summed E-state index contributed by atoms with van der Waals surface area (Å²) in [6.45, 7) is 0.144. The Balaban J connectivity index is 1.66. The lowest BCUT2D eigenvalue weighted by Crippen LogP contribution is -2.66. The number of amides is 2. The van der Waals surface area contributed by atoms with E-state index in [0.29, 0.717) is 0 Å². The highest BCUT2D eigenvalue weighted by molar-refractivity contribution is 7.53. The Kier molecular flexibility index (Phi) is 13.6. The summed E-state index contributed by atoms with van der Waals surface area (Å²) in [7, 11) is -2.78. The third-order valence-electron chi connectivity index (χ3n) is 7.19. The van der Waals surface area contributed by atoms with E-state index >= 15 is 0 Å². The van der Waals surface area contributed by atoms with Crippen LogP contribution in [-0.2, 0) is 37.4 Å². The van der Waals surface area contributed by atoms with Crippen LogP contribution in [0.25, 0.3) is 0 Å². The Morgan fingerprint density at radius 2 is 1.96 bits per heavy atom. The van der Waals surface area contributed by atoms with E-state index < -0.39 is 112 Å². The van der Waals surface area contributed by atoms with E-state index in [-0.39, 0.29) is 19.0 Å². The number of rotatable bonds is 15. The van der Waals surface area contributed by atoms with E-state index in [4.69, 9.17) is 33.7 Å². The van der Waals surface area contributed by atoms with Crippen molar-refractivity contribution in [2.24, 2.45) is 0 Å². The van der Waals surface area contributed by atoms with Crippen molar-refractivity contribution in [3.8, 4) is 0 Å². The number of hydrogen-bond acceptors (Lipinski definition) is 18. The number of ether oxygens (including phenoxy) is 4. The topological polar surface area (TPSA) is 313 Å². The minimum atomic E-state index is -4.19. The Morgan fingerprint density at radius 1 is 1.26 bits per heavy atom. The van der Waals surface area contributed by atoms with E-state index in [0.717, 1.165) is 11.2 Å². The fourth-order valence-corrected chi connectivity index (χ4v) is 6.23. The van der Waals surface area contributed by atoms with Crippen molar-refractivity contribution in [1.82, 2.24) is 20.2 Å². The monoisotopic (exact) mass is 699 g/mol. The Hall–Kier alpha value is -2.79. The largest absolute Gasteiger partial charge is 0.447 e. The van der Waals surface area contributed by atoms with Crippen molar-refractivity contribution in [3.05, 3.63) is 22.7 Å². The Morgan fingerprint density at radius 3 is 2.60 bits per heavy atom. The van der Waals surface area contributed by atoms with E-state index in [1.54, 1.807) is 0 Å². The van der Waals surface area contributed by atoms with Gasteiger partial charge in [0.25, 0.3) is 0 Å². The second-order valence-electron chi connectivity index (χ2n) is 11.1. The lowest BCUT2D eigenvalue weighted by atomic mass is 9.89. The lowest BCUT2D eigenvalue weighted by molar-refractivity contribution is -0.282. The van der Waals surface area contributed by atoms with E-state index in [1.807, 2.05) is 0 Å². The number of hydrogen-bond donors (Lipinski definition) is 9. The summed E-state index contributed by atoms with van der Waals surface area (Å²) in [5.74, 6) is -2.91. The highest BCUT2D eigenvalue weighted by atomic mass is 31.2. The van der Waals surface area contributed by atoms with Crippen molar-refractivity contribution in [1.29, 1.82) is 0 Å². The minimum Gasteiger partial charge on any atom is -0.447 e. The summed E-state index contributed by atoms with van der Waals surface area (Å²) < 4.78 is 46.2. The summed E-state index contributed by atoms with van der Waals surface area (Å²) >= 11 is 0. The quantitative estimate of drug-likeness (QED) is 0.0618. The van der Waals surface area contributed by atoms with Gasteiger partial charge in [0, 0.05) is 26.4 Å².